The maximum Gasteiger partial charge on any atom is 0.127 e. The number of halogens is 2. The van der Waals surface area contributed by atoms with Crippen LogP contribution in [-0.4, -0.2) is 45.3 Å². The van der Waals surface area contributed by atoms with Crippen molar-refractivity contribution in [3.05, 3.63) is 57.6 Å². The molecule has 1 fully saturated rings. The van der Waals surface area contributed by atoms with E-state index in [2.05, 4.69) is 10.2 Å². The fourth-order valence-electron chi connectivity index (χ4n) is 3.53. The molecule has 140 valence electrons. The quantitative estimate of drug-likeness (QED) is 0.814. The average molecular weight is 395 g/mol. The number of nitrogens with zero attached hydrogens (tertiary/aromatic N) is 1. The summed E-state index contributed by atoms with van der Waals surface area (Å²) in [6.45, 7) is 3.81. The highest BCUT2D eigenvalue weighted by molar-refractivity contribution is 6.35. The molecule has 3 rings (SSSR count). The van der Waals surface area contributed by atoms with Gasteiger partial charge in [0, 0.05) is 29.7 Å². The lowest BCUT2D eigenvalue weighted by atomic mass is 9.94. The summed E-state index contributed by atoms with van der Waals surface area (Å²) in [4.78, 5) is 2.43. The third-order valence-corrected chi connectivity index (χ3v) is 5.30. The Labute approximate surface area is 165 Å². The van der Waals surface area contributed by atoms with Crippen LogP contribution in [0.3, 0.4) is 0 Å². The highest BCUT2D eigenvalue weighted by atomic mass is 35.5. The van der Waals surface area contributed by atoms with E-state index in [1.54, 1.807) is 20.3 Å². The van der Waals surface area contributed by atoms with Crippen molar-refractivity contribution in [2.45, 2.75) is 12.5 Å². The van der Waals surface area contributed by atoms with Crippen LogP contribution in [0.2, 0.25) is 10.0 Å². The van der Waals surface area contributed by atoms with Crippen LogP contribution < -0.4 is 14.8 Å². The number of benzene rings is 2. The van der Waals surface area contributed by atoms with Crippen molar-refractivity contribution >= 4 is 23.2 Å². The van der Waals surface area contributed by atoms with Crippen LogP contribution in [-0.2, 0) is 0 Å². The van der Waals surface area contributed by atoms with Crippen molar-refractivity contribution in [3.8, 4) is 11.5 Å². The second-order valence-corrected chi connectivity index (χ2v) is 7.13. The van der Waals surface area contributed by atoms with E-state index >= 15 is 0 Å². The Kier molecular flexibility index (Phi) is 6.65. The molecule has 0 aromatic heterocycles. The summed E-state index contributed by atoms with van der Waals surface area (Å²) in [5, 5.41) is 4.73. The number of hydrogen-bond donors (Lipinski definition) is 1. The fourth-order valence-corrected chi connectivity index (χ4v) is 4.04. The predicted molar refractivity (Wildman–Crippen MR) is 107 cm³/mol. The van der Waals surface area contributed by atoms with Crippen molar-refractivity contribution in [1.29, 1.82) is 0 Å². The van der Waals surface area contributed by atoms with Gasteiger partial charge in [-0.15, -0.1) is 0 Å². The SMILES string of the molecule is COc1cccc(OC)c1C(c1ccc(Cl)cc1Cl)N1CCCNCC1. The molecule has 2 aromatic carbocycles. The van der Waals surface area contributed by atoms with Gasteiger partial charge in [0.05, 0.1) is 25.8 Å². The van der Waals surface area contributed by atoms with Gasteiger partial charge in [-0.05, 0) is 42.8 Å². The first-order chi connectivity index (χ1) is 12.7. The Bertz CT molecular complexity index is 724. The molecule has 0 saturated carbocycles. The third kappa shape index (κ3) is 4.09. The first-order valence-corrected chi connectivity index (χ1v) is 9.52. The van der Waals surface area contributed by atoms with Gasteiger partial charge in [-0.25, -0.2) is 0 Å². The predicted octanol–water partition coefficient (Wildman–Crippen LogP) is 4.40. The molecule has 2 aromatic rings. The second-order valence-electron chi connectivity index (χ2n) is 6.28. The van der Waals surface area contributed by atoms with Crippen LogP contribution in [0.15, 0.2) is 36.4 Å². The zero-order valence-electron chi connectivity index (χ0n) is 15.1. The molecule has 4 nitrogen and oxygen atoms in total. The molecule has 1 aliphatic rings. The van der Waals surface area contributed by atoms with Crippen molar-refractivity contribution in [2.75, 3.05) is 40.4 Å². The maximum absolute atomic E-state index is 6.62. The Morgan fingerprint density at radius 1 is 1.00 bits per heavy atom. The fraction of sp³-hybridized carbons (Fsp3) is 0.400. The van der Waals surface area contributed by atoms with Crippen LogP contribution in [0.25, 0.3) is 0 Å². The molecule has 0 bridgehead atoms. The van der Waals surface area contributed by atoms with Gasteiger partial charge in [0.2, 0.25) is 0 Å². The van der Waals surface area contributed by atoms with Gasteiger partial charge in [-0.3, -0.25) is 4.90 Å². The average Bonchev–Trinajstić information content (AvgIpc) is 2.93. The summed E-state index contributed by atoms with van der Waals surface area (Å²) >= 11 is 12.8. The van der Waals surface area contributed by atoms with Gasteiger partial charge in [0.1, 0.15) is 11.5 Å². The molecule has 1 N–H and O–H groups in total. The third-order valence-electron chi connectivity index (χ3n) is 4.74. The standard InChI is InChI=1S/C20H24Cl2N2O2/c1-25-17-5-3-6-18(26-2)19(17)20(24-11-4-9-23-10-12-24)15-8-7-14(21)13-16(15)22/h3,5-8,13,20,23H,4,9-12H2,1-2H3. The molecule has 6 heteroatoms. The summed E-state index contributed by atoms with van der Waals surface area (Å²) < 4.78 is 11.4. The van der Waals surface area contributed by atoms with E-state index in [1.807, 2.05) is 30.3 Å². The van der Waals surface area contributed by atoms with E-state index in [1.165, 1.54) is 0 Å². The van der Waals surface area contributed by atoms with Gasteiger partial charge in [-0.2, -0.15) is 0 Å². The zero-order chi connectivity index (χ0) is 18.5. The lowest BCUT2D eigenvalue weighted by molar-refractivity contribution is 0.231. The topological polar surface area (TPSA) is 33.7 Å². The van der Waals surface area contributed by atoms with E-state index in [0.717, 1.165) is 55.2 Å². The first kappa shape index (κ1) is 19.3. The molecule has 1 saturated heterocycles. The van der Waals surface area contributed by atoms with Gasteiger partial charge < -0.3 is 14.8 Å². The Balaban J connectivity index is 2.18. The maximum atomic E-state index is 6.62. The lowest BCUT2D eigenvalue weighted by Gasteiger charge is -2.33. The van der Waals surface area contributed by atoms with Crippen LogP contribution in [0, 0.1) is 0 Å². The number of ether oxygens (including phenoxy) is 2. The van der Waals surface area contributed by atoms with E-state index in [4.69, 9.17) is 32.7 Å². The summed E-state index contributed by atoms with van der Waals surface area (Å²) in [7, 11) is 3.37. The number of rotatable bonds is 5. The lowest BCUT2D eigenvalue weighted by Crippen LogP contribution is -2.33. The highest BCUT2D eigenvalue weighted by Gasteiger charge is 2.30. The van der Waals surface area contributed by atoms with Crippen LogP contribution in [0.4, 0.5) is 0 Å². The molecule has 0 aliphatic carbocycles. The van der Waals surface area contributed by atoms with Crippen LogP contribution >= 0.6 is 23.2 Å². The van der Waals surface area contributed by atoms with E-state index in [-0.39, 0.29) is 6.04 Å². The van der Waals surface area contributed by atoms with Crippen molar-refractivity contribution in [2.24, 2.45) is 0 Å². The Morgan fingerprint density at radius 2 is 1.73 bits per heavy atom. The van der Waals surface area contributed by atoms with Crippen molar-refractivity contribution in [3.63, 3.8) is 0 Å². The molecule has 26 heavy (non-hydrogen) atoms. The van der Waals surface area contributed by atoms with Crippen molar-refractivity contribution < 1.29 is 9.47 Å². The van der Waals surface area contributed by atoms with Crippen LogP contribution in [0.5, 0.6) is 11.5 Å². The van der Waals surface area contributed by atoms with Crippen LogP contribution in [0.1, 0.15) is 23.6 Å². The monoisotopic (exact) mass is 394 g/mol. The summed E-state index contributed by atoms with van der Waals surface area (Å²) in [5.41, 5.74) is 1.99. The van der Waals surface area contributed by atoms with Gasteiger partial charge in [-0.1, -0.05) is 35.3 Å². The number of hydrogen-bond acceptors (Lipinski definition) is 4. The van der Waals surface area contributed by atoms with E-state index in [9.17, 15) is 0 Å². The molecule has 1 atom stereocenters. The number of nitrogens with one attached hydrogen (secondary N) is 1. The summed E-state index contributed by atoms with van der Waals surface area (Å²) in [6.07, 6.45) is 1.07. The minimum Gasteiger partial charge on any atom is -0.496 e. The molecule has 1 unspecified atom stereocenters. The summed E-state index contributed by atoms with van der Waals surface area (Å²) in [6, 6.07) is 11.5. The molecule has 0 radical (unpaired) electrons. The Morgan fingerprint density at radius 3 is 2.38 bits per heavy atom. The molecule has 0 amide bonds. The van der Waals surface area contributed by atoms with Gasteiger partial charge in [0.15, 0.2) is 0 Å². The smallest absolute Gasteiger partial charge is 0.127 e. The van der Waals surface area contributed by atoms with Crippen molar-refractivity contribution in [1.82, 2.24) is 10.2 Å². The Hall–Kier alpha value is -1.46. The largest absolute Gasteiger partial charge is 0.496 e. The zero-order valence-corrected chi connectivity index (χ0v) is 16.6. The first-order valence-electron chi connectivity index (χ1n) is 8.76. The van der Waals surface area contributed by atoms with Gasteiger partial charge in [0.25, 0.3) is 0 Å². The normalized spacial score (nSPS) is 16.8. The molecule has 0 spiro atoms. The van der Waals surface area contributed by atoms with E-state index < -0.39 is 0 Å². The second kappa shape index (κ2) is 8.96. The van der Waals surface area contributed by atoms with Gasteiger partial charge >= 0.3 is 0 Å². The summed E-state index contributed by atoms with van der Waals surface area (Å²) in [5.74, 6) is 1.58. The molecule has 1 aliphatic heterocycles. The minimum absolute atomic E-state index is 0.0780. The van der Waals surface area contributed by atoms with E-state index in [0.29, 0.717) is 10.0 Å². The minimum atomic E-state index is -0.0780. The molecular formula is C20H24Cl2N2O2. The molecule has 1 heterocycles. The number of methoxy groups -OCH3 is 2. The highest BCUT2D eigenvalue weighted by Crippen LogP contribution is 2.43. The molecular weight excluding hydrogens is 371 g/mol.